The molecule has 0 bridgehead atoms. The number of nitrogens with one attached hydrogen (secondary N) is 1. The topological polar surface area (TPSA) is 34.2 Å². The molecule has 1 aliphatic rings. The molecule has 3 unspecified atom stereocenters. The van der Waals surface area contributed by atoms with E-state index in [1.165, 1.54) is 12.8 Å². The fourth-order valence-electron chi connectivity index (χ4n) is 3.25. The first kappa shape index (κ1) is 16.6. The van der Waals surface area contributed by atoms with Gasteiger partial charge in [0.05, 0.1) is 0 Å². The molecule has 1 fully saturated rings. The Hall–Kier alpha value is -0.800. The maximum absolute atomic E-state index is 6.33. The Morgan fingerprint density at radius 3 is 2.81 bits per heavy atom. The van der Waals surface area contributed by atoms with E-state index in [-0.39, 0.29) is 6.10 Å². The lowest BCUT2D eigenvalue weighted by Crippen LogP contribution is -2.36. The lowest BCUT2D eigenvalue weighted by atomic mass is 9.75. The zero-order valence-corrected chi connectivity index (χ0v) is 14.3. The number of pyridine rings is 1. The molecule has 0 aromatic carbocycles. The summed E-state index contributed by atoms with van der Waals surface area (Å²) in [7, 11) is 1.91. The Bertz CT molecular complexity index is 464. The predicted octanol–water partition coefficient (Wildman–Crippen LogP) is 4.29. The lowest BCUT2D eigenvalue weighted by molar-refractivity contribution is 0.0427. The quantitative estimate of drug-likeness (QED) is 0.880. The summed E-state index contributed by atoms with van der Waals surface area (Å²) in [6.45, 7) is 7.63. The molecule has 2 rings (SSSR count). The molecule has 0 radical (unpaired) electrons. The number of hydrogen-bond acceptors (Lipinski definition) is 3. The zero-order valence-electron chi connectivity index (χ0n) is 13.5. The molecule has 1 aromatic heterocycles. The van der Waals surface area contributed by atoms with Crippen molar-refractivity contribution in [3.05, 3.63) is 22.8 Å². The predicted molar refractivity (Wildman–Crippen MR) is 87.8 cm³/mol. The van der Waals surface area contributed by atoms with Crippen molar-refractivity contribution in [1.29, 1.82) is 0 Å². The van der Waals surface area contributed by atoms with Gasteiger partial charge >= 0.3 is 0 Å². The van der Waals surface area contributed by atoms with Crippen molar-refractivity contribution >= 4 is 11.6 Å². The average Bonchev–Trinajstić information content (AvgIpc) is 2.42. The third kappa shape index (κ3) is 4.33. The van der Waals surface area contributed by atoms with Crippen molar-refractivity contribution in [3.63, 3.8) is 0 Å². The highest BCUT2D eigenvalue weighted by Gasteiger charge is 2.32. The van der Waals surface area contributed by atoms with Crippen molar-refractivity contribution in [2.45, 2.75) is 52.7 Å². The van der Waals surface area contributed by atoms with Crippen LogP contribution in [0.2, 0.25) is 5.02 Å². The van der Waals surface area contributed by atoms with E-state index in [4.69, 9.17) is 16.3 Å². The third-order valence-electron chi connectivity index (χ3n) is 4.47. The summed E-state index contributed by atoms with van der Waals surface area (Å²) in [5.74, 6) is 2.52. The molecule has 0 aliphatic heterocycles. The van der Waals surface area contributed by atoms with Gasteiger partial charge in [-0.15, -0.1) is 0 Å². The van der Waals surface area contributed by atoms with Crippen LogP contribution in [0.5, 0.6) is 5.88 Å². The van der Waals surface area contributed by atoms with Gasteiger partial charge < -0.3 is 10.1 Å². The first-order valence-electron chi connectivity index (χ1n) is 7.97. The largest absolute Gasteiger partial charge is 0.473 e. The summed E-state index contributed by atoms with van der Waals surface area (Å²) >= 11 is 6.33. The number of rotatable bonds is 5. The molecule has 1 N–H and O–H groups in total. The minimum Gasteiger partial charge on any atom is -0.473 e. The summed E-state index contributed by atoms with van der Waals surface area (Å²) in [6.07, 6.45) is 5.70. The van der Waals surface area contributed by atoms with Crippen molar-refractivity contribution in [2.75, 3.05) is 7.05 Å². The summed E-state index contributed by atoms with van der Waals surface area (Å²) in [5.41, 5.74) is 1.08. The number of halogens is 1. The fraction of sp³-hybridized carbons (Fsp3) is 0.706. The standard InChI is InChI=1S/C17H27ClN2O/c1-11(2)14-6-5-12(3)7-16(14)21-17-15(18)8-13(9-19-4)10-20-17/h8,10-12,14,16,19H,5-7,9H2,1-4H3. The molecular weight excluding hydrogens is 284 g/mol. The van der Waals surface area contributed by atoms with Gasteiger partial charge in [0, 0.05) is 12.7 Å². The molecular formula is C17H27ClN2O. The molecule has 118 valence electrons. The van der Waals surface area contributed by atoms with Gasteiger partial charge in [-0.05, 0) is 49.3 Å². The van der Waals surface area contributed by atoms with Crippen LogP contribution in [-0.2, 0) is 6.54 Å². The number of ether oxygens (including phenoxy) is 1. The Kier molecular flexibility index (Phi) is 5.88. The van der Waals surface area contributed by atoms with Crippen molar-refractivity contribution < 1.29 is 4.74 Å². The molecule has 4 heteroatoms. The summed E-state index contributed by atoms with van der Waals surface area (Å²) in [6, 6.07) is 1.94. The molecule has 1 saturated carbocycles. The molecule has 1 aliphatic carbocycles. The molecule has 21 heavy (non-hydrogen) atoms. The van der Waals surface area contributed by atoms with Crippen LogP contribution in [-0.4, -0.2) is 18.1 Å². The van der Waals surface area contributed by atoms with Crippen LogP contribution in [0.1, 0.15) is 45.6 Å². The van der Waals surface area contributed by atoms with E-state index >= 15 is 0 Å². The molecule has 3 nitrogen and oxygen atoms in total. The summed E-state index contributed by atoms with van der Waals surface area (Å²) in [5, 5.41) is 3.71. The number of nitrogens with zero attached hydrogens (tertiary/aromatic N) is 1. The molecule has 3 atom stereocenters. The van der Waals surface area contributed by atoms with E-state index in [0.29, 0.717) is 28.7 Å². The summed E-state index contributed by atoms with van der Waals surface area (Å²) in [4.78, 5) is 4.42. The second kappa shape index (κ2) is 7.46. The van der Waals surface area contributed by atoms with Gasteiger partial charge in [-0.3, -0.25) is 0 Å². The average molecular weight is 311 g/mol. The van der Waals surface area contributed by atoms with E-state index in [2.05, 4.69) is 31.1 Å². The smallest absolute Gasteiger partial charge is 0.232 e. The highest BCUT2D eigenvalue weighted by atomic mass is 35.5. The Morgan fingerprint density at radius 2 is 2.19 bits per heavy atom. The molecule has 0 spiro atoms. The third-order valence-corrected chi connectivity index (χ3v) is 4.74. The lowest BCUT2D eigenvalue weighted by Gasteiger charge is -2.37. The maximum atomic E-state index is 6.33. The zero-order chi connectivity index (χ0) is 15.4. The monoisotopic (exact) mass is 310 g/mol. The van der Waals surface area contributed by atoms with Crippen molar-refractivity contribution in [2.24, 2.45) is 17.8 Å². The van der Waals surface area contributed by atoms with Crippen LogP contribution in [0, 0.1) is 17.8 Å². The second-order valence-corrected chi connectivity index (χ2v) is 7.05. The van der Waals surface area contributed by atoms with E-state index in [0.717, 1.165) is 18.5 Å². The van der Waals surface area contributed by atoms with Gasteiger partial charge in [-0.25, -0.2) is 4.98 Å². The fourth-order valence-corrected chi connectivity index (χ4v) is 3.48. The van der Waals surface area contributed by atoms with Crippen LogP contribution in [0.3, 0.4) is 0 Å². The number of aromatic nitrogens is 1. The van der Waals surface area contributed by atoms with Crippen LogP contribution < -0.4 is 10.1 Å². The maximum Gasteiger partial charge on any atom is 0.232 e. The van der Waals surface area contributed by atoms with Gasteiger partial charge in [0.1, 0.15) is 11.1 Å². The first-order valence-corrected chi connectivity index (χ1v) is 8.34. The summed E-state index contributed by atoms with van der Waals surface area (Å²) < 4.78 is 6.20. The van der Waals surface area contributed by atoms with Gasteiger partial charge in [0.25, 0.3) is 0 Å². The molecule has 0 amide bonds. The van der Waals surface area contributed by atoms with Gasteiger partial charge in [-0.2, -0.15) is 0 Å². The van der Waals surface area contributed by atoms with E-state index in [9.17, 15) is 0 Å². The van der Waals surface area contributed by atoms with Crippen molar-refractivity contribution in [1.82, 2.24) is 10.3 Å². The van der Waals surface area contributed by atoms with Crippen LogP contribution in [0.4, 0.5) is 0 Å². The van der Waals surface area contributed by atoms with Gasteiger partial charge in [0.15, 0.2) is 0 Å². The second-order valence-electron chi connectivity index (χ2n) is 6.64. The van der Waals surface area contributed by atoms with E-state index in [1.807, 2.05) is 19.3 Å². The van der Waals surface area contributed by atoms with Crippen LogP contribution >= 0.6 is 11.6 Å². The highest BCUT2D eigenvalue weighted by molar-refractivity contribution is 6.31. The van der Waals surface area contributed by atoms with Crippen LogP contribution in [0.15, 0.2) is 12.3 Å². The molecule has 0 saturated heterocycles. The van der Waals surface area contributed by atoms with Crippen molar-refractivity contribution in [3.8, 4) is 5.88 Å². The van der Waals surface area contributed by atoms with Crippen LogP contribution in [0.25, 0.3) is 0 Å². The molecule has 1 aromatic rings. The van der Waals surface area contributed by atoms with Gasteiger partial charge in [-0.1, -0.05) is 38.8 Å². The Labute approximate surface area is 133 Å². The SMILES string of the molecule is CNCc1cnc(OC2CC(C)CCC2C(C)C)c(Cl)c1. The first-order chi connectivity index (χ1) is 10.0. The Balaban J connectivity index is 2.11. The minimum absolute atomic E-state index is 0.230. The Morgan fingerprint density at radius 1 is 1.43 bits per heavy atom. The minimum atomic E-state index is 0.230. The normalized spacial score (nSPS) is 26.1. The number of hydrogen-bond donors (Lipinski definition) is 1. The highest BCUT2D eigenvalue weighted by Crippen LogP contribution is 2.37. The molecule has 1 heterocycles. The van der Waals surface area contributed by atoms with E-state index in [1.54, 1.807) is 0 Å². The van der Waals surface area contributed by atoms with Gasteiger partial charge in [0.2, 0.25) is 5.88 Å². The van der Waals surface area contributed by atoms with E-state index < -0.39 is 0 Å².